The Morgan fingerprint density at radius 2 is 1.68 bits per heavy atom. The zero-order chi connectivity index (χ0) is 18.1. The number of esters is 1. The SMILES string of the molecule is CN=C(NCc1ccccc1)NCc1ccc(C(=O)OC)c(OC)c1. The fraction of sp³-hybridized carbons (Fsp3) is 0.263. The second-order valence-corrected chi connectivity index (χ2v) is 5.29. The molecule has 0 unspecified atom stereocenters. The van der Waals surface area contributed by atoms with Crippen LogP contribution >= 0.6 is 0 Å². The third-order valence-corrected chi connectivity index (χ3v) is 3.66. The minimum Gasteiger partial charge on any atom is -0.496 e. The molecule has 0 saturated carbocycles. The zero-order valence-corrected chi connectivity index (χ0v) is 14.7. The number of benzene rings is 2. The Morgan fingerprint density at radius 3 is 2.28 bits per heavy atom. The van der Waals surface area contributed by atoms with Gasteiger partial charge in [0.1, 0.15) is 11.3 Å². The molecule has 0 saturated heterocycles. The molecule has 0 bridgehead atoms. The normalized spacial score (nSPS) is 10.9. The van der Waals surface area contributed by atoms with E-state index >= 15 is 0 Å². The van der Waals surface area contributed by atoms with Gasteiger partial charge < -0.3 is 20.1 Å². The highest BCUT2D eigenvalue weighted by Crippen LogP contribution is 2.21. The molecule has 2 aromatic carbocycles. The van der Waals surface area contributed by atoms with Crippen LogP contribution in [0.5, 0.6) is 5.75 Å². The van der Waals surface area contributed by atoms with Crippen molar-refractivity contribution < 1.29 is 14.3 Å². The average molecular weight is 341 g/mol. The first kappa shape index (κ1) is 18.3. The van der Waals surface area contributed by atoms with Crippen LogP contribution in [0.2, 0.25) is 0 Å². The minimum atomic E-state index is -0.420. The summed E-state index contributed by atoms with van der Waals surface area (Å²) in [6.07, 6.45) is 0. The van der Waals surface area contributed by atoms with E-state index in [9.17, 15) is 4.79 Å². The molecule has 0 atom stereocenters. The van der Waals surface area contributed by atoms with E-state index in [0.29, 0.717) is 30.4 Å². The van der Waals surface area contributed by atoms with Crippen LogP contribution in [0.25, 0.3) is 0 Å². The zero-order valence-electron chi connectivity index (χ0n) is 14.7. The van der Waals surface area contributed by atoms with Gasteiger partial charge in [-0.15, -0.1) is 0 Å². The van der Waals surface area contributed by atoms with Crippen molar-refractivity contribution in [2.45, 2.75) is 13.1 Å². The number of ether oxygens (including phenoxy) is 2. The summed E-state index contributed by atoms with van der Waals surface area (Å²) >= 11 is 0. The second-order valence-electron chi connectivity index (χ2n) is 5.29. The van der Waals surface area contributed by atoms with Gasteiger partial charge in [0, 0.05) is 20.1 Å². The molecule has 0 aliphatic carbocycles. The molecule has 6 heteroatoms. The van der Waals surface area contributed by atoms with Crippen molar-refractivity contribution in [3.8, 4) is 5.75 Å². The molecule has 6 nitrogen and oxygen atoms in total. The van der Waals surface area contributed by atoms with Crippen LogP contribution < -0.4 is 15.4 Å². The maximum Gasteiger partial charge on any atom is 0.341 e. The molecule has 2 rings (SSSR count). The highest BCUT2D eigenvalue weighted by atomic mass is 16.5. The first-order chi connectivity index (χ1) is 12.2. The van der Waals surface area contributed by atoms with E-state index in [2.05, 4.69) is 27.8 Å². The van der Waals surface area contributed by atoms with Crippen LogP contribution in [0.4, 0.5) is 0 Å². The van der Waals surface area contributed by atoms with E-state index in [-0.39, 0.29) is 0 Å². The van der Waals surface area contributed by atoms with Crippen molar-refractivity contribution in [1.29, 1.82) is 0 Å². The van der Waals surface area contributed by atoms with Gasteiger partial charge in [-0.05, 0) is 23.3 Å². The Hall–Kier alpha value is -3.02. The molecule has 0 aromatic heterocycles. The van der Waals surface area contributed by atoms with Gasteiger partial charge in [-0.3, -0.25) is 4.99 Å². The van der Waals surface area contributed by atoms with Gasteiger partial charge in [0.05, 0.1) is 14.2 Å². The summed E-state index contributed by atoms with van der Waals surface area (Å²) < 4.78 is 10.0. The van der Waals surface area contributed by atoms with Crippen molar-refractivity contribution in [3.05, 3.63) is 65.2 Å². The first-order valence-corrected chi connectivity index (χ1v) is 7.91. The van der Waals surface area contributed by atoms with E-state index in [1.807, 2.05) is 30.3 Å². The number of rotatable bonds is 6. The van der Waals surface area contributed by atoms with Crippen molar-refractivity contribution >= 4 is 11.9 Å². The van der Waals surface area contributed by atoms with Crippen molar-refractivity contribution in [1.82, 2.24) is 10.6 Å². The first-order valence-electron chi connectivity index (χ1n) is 7.91. The lowest BCUT2D eigenvalue weighted by Gasteiger charge is -2.13. The number of hydrogen-bond acceptors (Lipinski definition) is 4. The molecule has 25 heavy (non-hydrogen) atoms. The van der Waals surface area contributed by atoms with Gasteiger partial charge in [0.25, 0.3) is 0 Å². The average Bonchev–Trinajstić information content (AvgIpc) is 2.68. The molecule has 0 radical (unpaired) electrons. The Bertz CT molecular complexity index is 730. The van der Waals surface area contributed by atoms with E-state index in [1.165, 1.54) is 19.8 Å². The molecular weight excluding hydrogens is 318 g/mol. The molecule has 132 valence electrons. The quantitative estimate of drug-likeness (QED) is 0.479. The summed E-state index contributed by atoms with van der Waals surface area (Å²) in [6.45, 7) is 1.23. The predicted molar refractivity (Wildman–Crippen MR) is 97.8 cm³/mol. The third-order valence-electron chi connectivity index (χ3n) is 3.66. The molecule has 0 aliphatic rings. The number of carbonyl (C=O) groups is 1. The number of aliphatic imine (C=N–C) groups is 1. The second kappa shape index (κ2) is 9.32. The molecule has 0 aliphatic heterocycles. The number of hydrogen-bond donors (Lipinski definition) is 2. The Morgan fingerprint density at radius 1 is 1.00 bits per heavy atom. The summed E-state index contributed by atoms with van der Waals surface area (Å²) in [7, 11) is 4.60. The minimum absolute atomic E-state index is 0.403. The van der Waals surface area contributed by atoms with Gasteiger partial charge in [-0.25, -0.2) is 4.79 Å². The van der Waals surface area contributed by atoms with Crippen LogP contribution in [-0.4, -0.2) is 33.2 Å². The Labute approximate surface area is 147 Å². The number of carbonyl (C=O) groups excluding carboxylic acids is 1. The predicted octanol–water partition coefficient (Wildman–Crippen LogP) is 2.35. The van der Waals surface area contributed by atoms with E-state index in [0.717, 1.165) is 5.56 Å². The number of methoxy groups -OCH3 is 2. The summed E-state index contributed by atoms with van der Waals surface area (Å²) in [6, 6.07) is 15.5. The standard InChI is InChI=1S/C19H23N3O3/c1-20-19(21-12-14-7-5-4-6-8-14)22-13-15-9-10-16(18(23)25-3)17(11-15)24-2/h4-11H,12-13H2,1-3H3,(H2,20,21,22). The summed E-state index contributed by atoms with van der Waals surface area (Å²) in [4.78, 5) is 15.9. The van der Waals surface area contributed by atoms with Gasteiger partial charge in [0.2, 0.25) is 0 Å². The molecule has 0 heterocycles. The highest BCUT2D eigenvalue weighted by Gasteiger charge is 2.13. The van der Waals surface area contributed by atoms with Gasteiger partial charge in [-0.2, -0.15) is 0 Å². The Balaban J connectivity index is 1.96. The lowest BCUT2D eigenvalue weighted by Crippen LogP contribution is -2.36. The molecule has 2 N–H and O–H groups in total. The van der Waals surface area contributed by atoms with E-state index < -0.39 is 5.97 Å². The van der Waals surface area contributed by atoms with E-state index in [1.54, 1.807) is 13.1 Å². The fourth-order valence-corrected chi connectivity index (χ4v) is 2.31. The van der Waals surface area contributed by atoms with Gasteiger partial charge >= 0.3 is 5.97 Å². The van der Waals surface area contributed by atoms with Crippen molar-refractivity contribution in [2.75, 3.05) is 21.3 Å². The van der Waals surface area contributed by atoms with Crippen LogP contribution in [-0.2, 0) is 17.8 Å². The van der Waals surface area contributed by atoms with Crippen molar-refractivity contribution in [2.24, 2.45) is 4.99 Å². The van der Waals surface area contributed by atoms with Gasteiger partial charge in [0.15, 0.2) is 5.96 Å². The maximum atomic E-state index is 11.7. The van der Waals surface area contributed by atoms with Crippen LogP contribution in [0.15, 0.2) is 53.5 Å². The van der Waals surface area contributed by atoms with Crippen LogP contribution in [0.3, 0.4) is 0 Å². The smallest absolute Gasteiger partial charge is 0.341 e. The van der Waals surface area contributed by atoms with Gasteiger partial charge in [-0.1, -0.05) is 36.4 Å². The molecule has 0 amide bonds. The largest absolute Gasteiger partial charge is 0.496 e. The number of nitrogens with one attached hydrogen (secondary N) is 2. The maximum absolute atomic E-state index is 11.7. The lowest BCUT2D eigenvalue weighted by molar-refractivity contribution is 0.0597. The summed E-state index contributed by atoms with van der Waals surface area (Å²) in [5, 5.41) is 6.49. The number of guanidine groups is 1. The number of nitrogens with zero attached hydrogens (tertiary/aromatic N) is 1. The molecular formula is C19H23N3O3. The van der Waals surface area contributed by atoms with Crippen molar-refractivity contribution in [3.63, 3.8) is 0 Å². The third kappa shape index (κ3) is 5.24. The molecule has 2 aromatic rings. The van der Waals surface area contributed by atoms with Crippen LogP contribution in [0.1, 0.15) is 21.5 Å². The topological polar surface area (TPSA) is 72.0 Å². The summed E-state index contributed by atoms with van der Waals surface area (Å²) in [5.74, 6) is 0.759. The Kier molecular flexibility index (Phi) is 6.83. The molecule has 0 spiro atoms. The highest BCUT2D eigenvalue weighted by molar-refractivity contribution is 5.92. The summed E-state index contributed by atoms with van der Waals surface area (Å²) in [5.41, 5.74) is 2.54. The van der Waals surface area contributed by atoms with Crippen LogP contribution in [0, 0.1) is 0 Å². The fourth-order valence-electron chi connectivity index (χ4n) is 2.31. The lowest BCUT2D eigenvalue weighted by atomic mass is 10.1. The monoisotopic (exact) mass is 341 g/mol. The molecule has 0 fully saturated rings. The van der Waals surface area contributed by atoms with E-state index in [4.69, 9.17) is 9.47 Å².